The van der Waals surface area contributed by atoms with Gasteiger partial charge in [0.05, 0.1) is 26.9 Å². The SMILES string of the molecule is COc1c(-c2ccc3c(c2)OCO3)c(OC)c2ccccc2c1OC. The van der Waals surface area contributed by atoms with Gasteiger partial charge in [-0.3, -0.25) is 0 Å². The Morgan fingerprint density at radius 2 is 1.36 bits per heavy atom. The number of methoxy groups -OCH3 is 3. The summed E-state index contributed by atoms with van der Waals surface area (Å²) in [5, 5.41) is 1.89. The van der Waals surface area contributed by atoms with Gasteiger partial charge in [0.1, 0.15) is 5.75 Å². The molecule has 0 bridgehead atoms. The molecule has 128 valence electrons. The van der Waals surface area contributed by atoms with E-state index in [1.54, 1.807) is 21.3 Å². The Morgan fingerprint density at radius 3 is 2.04 bits per heavy atom. The number of hydrogen-bond acceptors (Lipinski definition) is 5. The Kier molecular flexibility index (Phi) is 3.76. The lowest BCUT2D eigenvalue weighted by Crippen LogP contribution is -1.99. The van der Waals surface area contributed by atoms with Crippen LogP contribution in [0.2, 0.25) is 0 Å². The third-order valence-corrected chi connectivity index (χ3v) is 4.35. The summed E-state index contributed by atoms with van der Waals surface area (Å²) in [4.78, 5) is 0. The van der Waals surface area contributed by atoms with E-state index in [1.807, 2.05) is 42.5 Å². The van der Waals surface area contributed by atoms with Gasteiger partial charge >= 0.3 is 0 Å². The van der Waals surface area contributed by atoms with Gasteiger partial charge in [-0.1, -0.05) is 30.3 Å². The molecule has 0 saturated heterocycles. The molecule has 0 aliphatic carbocycles. The maximum Gasteiger partial charge on any atom is 0.231 e. The van der Waals surface area contributed by atoms with Crippen molar-refractivity contribution in [3.05, 3.63) is 42.5 Å². The van der Waals surface area contributed by atoms with E-state index < -0.39 is 0 Å². The molecule has 0 N–H and O–H groups in total. The van der Waals surface area contributed by atoms with Crippen LogP contribution < -0.4 is 23.7 Å². The van der Waals surface area contributed by atoms with E-state index in [4.69, 9.17) is 23.7 Å². The summed E-state index contributed by atoms with van der Waals surface area (Å²) in [5.74, 6) is 3.46. The molecular weight excluding hydrogens is 320 g/mol. The number of fused-ring (bicyclic) bond motifs is 2. The number of hydrogen-bond donors (Lipinski definition) is 0. The summed E-state index contributed by atoms with van der Waals surface area (Å²) in [5.41, 5.74) is 1.72. The summed E-state index contributed by atoms with van der Waals surface area (Å²) in [6.07, 6.45) is 0. The van der Waals surface area contributed by atoms with Gasteiger partial charge in [0, 0.05) is 10.8 Å². The monoisotopic (exact) mass is 338 g/mol. The number of rotatable bonds is 4. The molecule has 1 aliphatic heterocycles. The Bertz CT molecular complexity index is 948. The minimum atomic E-state index is 0.230. The van der Waals surface area contributed by atoms with Crippen LogP contribution in [0.1, 0.15) is 0 Å². The molecule has 3 aromatic rings. The summed E-state index contributed by atoms with van der Waals surface area (Å²) in [7, 11) is 4.92. The number of ether oxygens (including phenoxy) is 5. The summed E-state index contributed by atoms with van der Waals surface area (Å²) < 4.78 is 28.1. The van der Waals surface area contributed by atoms with Crippen molar-refractivity contribution >= 4 is 10.8 Å². The molecule has 1 aliphatic rings. The van der Waals surface area contributed by atoms with Crippen LogP contribution in [0.4, 0.5) is 0 Å². The van der Waals surface area contributed by atoms with Crippen molar-refractivity contribution in [2.24, 2.45) is 0 Å². The Morgan fingerprint density at radius 1 is 0.720 bits per heavy atom. The fraction of sp³-hybridized carbons (Fsp3) is 0.200. The van der Waals surface area contributed by atoms with Crippen LogP contribution in [-0.4, -0.2) is 28.1 Å². The first-order valence-electron chi connectivity index (χ1n) is 7.89. The highest BCUT2D eigenvalue weighted by atomic mass is 16.7. The van der Waals surface area contributed by atoms with Gasteiger partial charge in [0.2, 0.25) is 6.79 Å². The summed E-state index contributed by atoms with van der Waals surface area (Å²) in [6.45, 7) is 0.230. The van der Waals surface area contributed by atoms with Gasteiger partial charge in [0.15, 0.2) is 23.0 Å². The van der Waals surface area contributed by atoms with Crippen molar-refractivity contribution in [1.29, 1.82) is 0 Å². The molecule has 0 fully saturated rings. The molecule has 3 aromatic carbocycles. The second kappa shape index (κ2) is 6.09. The smallest absolute Gasteiger partial charge is 0.231 e. The molecule has 5 nitrogen and oxygen atoms in total. The van der Waals surface area contributed by atoms with Crippen molar-refractivity contribution in [3.8, 4) is 39.9 Å². The van der Waals surface area contributed by atoms with Gasteiger partial charge in [0.25, 0.3) is 0 Å². The first kappa shape index (κ1) is 15.4. The van der Waals surface area contributed by atoms with Crippen LogP contribution in [0.25, 0.3) is 21.9 Å². The van der Waals surface area contributed by atoms with E-state index in [2.05, 4.69) is 0 Å². The molecule has 0 spiro atoms. The van der Waals surface area contributed by atoms with E-state index in [1.165, 1.54) is 0 Å². The van der Waals surface area contributed by atoms with Gasteiger partial charge < -0.3 is 23.7 Å². The minimum Gasteiger partial charge on any atom is -0.495 e. The Balaban J connectivity index is 2.08. The predicted octanol–water partition coefficient (Wildman–Crippen LogP) is 4.26. The standard InChI is InChI=1S/C20H18O5/c1-21-18-13-6-4-5-7-14(13)19(22-2)20(23-3)17(18)12-8-9-15-16(10-12)25-11-24-15/h4-10H,11H2,1-3H3. The maximum atomic E-state index is 5.77. The molecule has 0 radical (unpaired) electrons. The molecule has 0 aromatic heterocycles. The second-order valence-corrected chi connectivity index (χ2v) is 5.59. The lowest BCUT2D eigenvalue weighted by molar-refractivity contribution is 0.174. The largest absolute Gasteiger partial charge is 0.495 e. The molecule has 1 heterocycles. The predicted molar refractivity (Wildman–Crippen MR) is 95.2 cm³/mol. The Hall–Kier alpha value is -3.08. The highest BCUT2D eigenvalue weighted by molar-refractivity contribution is 6.03. The highest BCUT2D eigenvalue weighted by Gasteiger charge is 2.24. The molecule has 0 atom stereocenters. The molecule has 25 heavy (non-hydrogen) atoms. The highest BCUT2D eigenvalue weighted by Crippen LogP contribution is 2.51. The van der Waals surface area contributed by atoms with E-state index >= 15 is 0 Å². The van der Waals surface area contributed by atoms with Gasteiger partial charge in [-0.15, -0.1) is 0 Å². The van der Waals surface area contributed by atoms with E-state index in [9.17, 15) is 0 Å². The van der Waals surface area contributed by atoms with Crippen LogP contribution in [-0.2, 0) is 0 Å². The fourth-order valence-electron chi connectivity index (χ4n) is 3.28. The van der Waals surface area contributed by atoms with Gasteiger partial charge in [-0.2, -0.15) is 0 Å². The average molecular weight is 338 g/mol. The number of benzene rings is 3. The fourth-order valence-corrected chi connectivity index (χ4v) is 3.28. The molecule has 0 unspecified atom stereocenters. The lowest BCUT2D eigenvalue weighted by Gasteiger charge is -2.20. The van der Waals surface area contributed by atoms with Crippen LogP contribution in [0.5, 0.6) is 28.7 Å². The first-order chi connectivity index (χ1) is 12.3. The van der Waals surface area contributed by atoms with Crippen LogP contribution in [0.3, 0.4) is 0 Å². The molecule has 0 amide bonds. The quantitative estimate of drug-likeness (QED) is 0.711. The lowest BCUT2D eigenvalue weighted by atomic mass is 9.97. The van der Waals surface area contributed by atoms with Crippen molar-refractivity contribution in [2.45, 2.75) is 0 Å². The normalized spacial score (nSPS) is 12.3. The van der Waals surface area contributed by atoms with Gasteiger partial charge in [-0.05, 0) is 17.7 Å². The topological polar surface area (TPSA) is 46.2 Å². The molecule has 4 rings (SSSR count). The summed E-state index contributed by atoms with van der Waals surface area (Å²) in [6, 6.07) is 13.7. The van der Waals surface area contributed by atoms with Crippen LogP contribution >= 0.6 is 0 Å². The summed E-state index contributed by atoms with van der Waals surface area (Å²) >= 11 is 0. The van der Waals surface area contributed by atoms with Crippen molar-refractivity contribution < 1.29 is 23.7 Å². The zero-order valence-corrected chi connectivity index (χ0v) is 14.3. The average Bonchev–Trinajstić information content (AvgIpc) is 3.13. The van der Waals surface area contributed by atoms with E-state index in [0.717, 1.165) is 33.4 Å². The maximum absolute atomic E-state index is 5.77. The third-order valence-electron chi connectivity index (χ3n) is 4.35. The van der Waals surface area contributed by atoms with Crippen molar-refractivity contribution in [1.82, 2.24) is 0 Å². The van der Waals surface area contributed by atoms with Crippen molar-refractivity contribution in [2.75, 3.05) is 28.1 Å². The zero-order valence-electron chi connectivity index (χ0n) is 14.3. The second-order valence-electron chi connectivity index (χ2n) is 5.59. The van der Waals surface area contributed by atoms with E-state index in [0.29, 0.717) is 17.2 Å². The van der Waals surface area contributed by atoms with Crippen molar-refractivity contribution in [3.63, 3.8) is 0 Å². The third kappa shape index (κ3) is 2.31. The van der Waals surface area contributed by atoms with E-state index in [-0.39, 0.29) is 6.79 Å². The minimum absolute atomic E-state index is 0.230. The van der Waals surface area contributed by atoms with Crippen LogP contribution in [0.15, 0.2) is 42.5 Å². The molecular formula is C20H18O5. The van der Waals surface area contributed by atoms with Crippen LogP contribution in [0, 0.1) is 0 Å². The Labute approximate surface area is 145 Å². The molecule has 5 heteroatoms. The van der Waals surface area contributed by atoms with Gasteiger partial charge in [-0.25, -0.2) is 0 Å². The zero-order chi connectivity index (χ0) is 17.4. The first-order valence-corrected chi connectivity index (χ1v) is 7.89. The molecule has 0 saturated carbocycles.